The third-order valence-electron chi connectivity index (χ3n) is 2.76. The lowest BCUT2D eigenvalue weighted by molar-refractivity contribution is 0.102. The van der Waals surface area contributed by atoms with Crippen LogP contribution in [0.15, 0.2) is 36.5 Å². The van der Waals surface area contributed by atoms with E-state index >= 15 is 0 Å². The average molecular weight is 284 g/mol. The molecular weight excluding hydrogens is 271 g/mol. The topological polar surface area (TPSA) is 62.2 Å². The lowest BCUT2D eigenvalue weighted by Crippen LogP contribution is -2.13. The van der Waals surface area contributed by atoms with Gasteiger partial charge in [-0.25, -0.2) is 9.37 Å². The Kier molecular flexibility index (Phi) is 4.64. The number of hydrogen-bond donors (Lipinski definition) is 2. The molecule has 2 aromatic rings. The molecule has 1 amide bonds. The van der Waals surface area contributed by atoms with Gasteiger partial charge >= 0.3 is 0 Å². The molecule has 0 aliphatic heterocycles. The predicted octanol–water partition coefficient (Wildman–Crippen LogP) is 2.13. The molecule has 4 nitrogen and oxygen atoms in total. The number of nitrogens with one attached hydrogen (secondary N) is 1. The summed E-state index contributed by atoms with van der Waals surface area (Å²) in [5.41, 5.74) is 2.33. The first-order chi connectivity index (χ1) is 10.1. The van der Waals surface area contributed by atoms with Gasteiger partial charge in [0.25, 0.3) is 5.91 Å². The maximum absolute atomic E-state index is 12.8. The first-order valence-electron chi connectivity index (χ1n) is 6.23. The molecule has 0 saturated heterocycles. The molecule has 1 aromatic carbocycles. The highest BCUT2D eigenvalue weighted by molar-refractivity contribution is 6.02. The lowest BCUT2D eigenvalue weighted by atomic mass is 10.1. The fourth-order valence-corrected chi connectivity index (χ4v) is 1.67. The van der Waals surface area contributed by atoms with E-state index in [-0.39, 0.29) is 12.3 Å². The first kappa shape index (κ1) is 14.7. The minimum Gasteiger partial charge on any atom is -0.384 e. The van der Waals surface area contributed by atoms with Crippen molar-refractivity contribution >= 4 is 11.6 Å². The smallest absolute Gasteiger partial charge is 0.274 e. The molecule has 0 aliphatic carbocycles. The highest BCUT2D eigenvalue weighted by Gasteiger charge is 2.08. The monoisotopic (exact) mass is 284 g/mol. The van der Waals surface area contributed by atoms with E-state index in [9.17, 15) is 9.18 Å². The number of benzene rings is 1. The highest BCUT2D eigenvalue weighted by Crippen LogP contribution is 2.15. The van der Waals surface area contributed by atoms with Gasteiger partial charge in [-0.15, -0.1) is 0 Å². The van der Waals surface area contributed by atoms with E-state index in [1.54, 1.807) is 12.1 Å². The minimum atomic E-state index is -0.497. The Balaban J connectivity index is 2.19. The third kappa shape index (κ3) is 3.88. The summed E-state index contributed by atoms with van der Waals surface area (Å²) in [4.78, 5) is 15.7. The standard InChI is InChI=1S/C16H13FN2O2/c1-11-4-6-14(9-12(11)3-2-8-20)19-16(21)15-7-5-13(17)10-18-15/h4-7,9-10,20H,8H2,1H3,(H,19,21). The molecule has 1 heterocycles. The Bertz CT molecular complexity index is 715. The summed E-state index contributed by atoms with van der Waals surface area (Å²) in [7, 11) is 0. The van der Waals surface area contributed by atoms with Gasteiger partial charge in [0.2, 0.25) is 0 Å². The molecule has 106 valence electrons. The molecule has 0 aliphatic rings. The van der Waals surface area contributed by atoms with Crippen LogP contribution in [-0.4, -0.2) is 22.6 Å². The van der Waals surface area contributed by atoms with Gasteiger partial charge in [-0.2, -0.15) is 0 Å². The van der Waals surface area contributed by atoms with Crippen LogP contribution in [0.1, 0.15) is 21.6 Å². The quantitative estimate of drug-likeness (QED) is 0.830. The molecule has 0 atom stereocenters. The maximum Gasteiger partial charge on any atom is 0.274 e. The summed E-state index contributed by atoms with van der Waals surface area (Å²) in [6.45, 7) is 1.66. The number of aromatic nitrogens is 1. The lowest BCUT2D eigenvalue weighted by Gasteiger charge is -2.06. The number of aryl methyl sites for hydroxylation is 1. The van der Waals surface area contributed by atoms with Crippen LogP contribution in [0.5, 0.6) is 0 Å². The maximum atomic E-state index is 12.8. The van der Waals surface area contributed by atoms with E-state index in [1.165, 1.54) is 12.1 Å². The van der Waals surface area contributed by atoms with Crippen LogP contribution < -0.4 is 5.32 Å². The number of carbonyl (C=O) groups is 1. The summed E-state index contributed by atoms with van der Waals surface area (Å²) in [5.74, 6) is 4.44. The number of hydrogen-bond acceptors (Lipinski definition) is 3. The molecule has 2 rings (SSSR count). The number of anilines is 1. The van der Waals surface area contributed by atoms with Crippen molar-refractivity contribution in [2.45, 2.75) is 6.92 Å². The number of amides is 1. The van der Waals surface area contributed by atoms with Crippen molar-refractivity contribution in [3.8, 4) is 11.8 Å². The normalized spacial score (nSPS) is 9.67. The third-order valence-corrected chi connectivity index (χ3v) is 2.76. The molecule has 0 unspecified atom stereocenters. The van der Waals surface area contributed by atoms with Crippen molar-refractivity contribution in [2.75, 3.05) is 11.9 Å². The summed E-state index contributed by atoms with van der Waals surface area (Å²) in [5, 5.41) is 11.4. The Morgan fingerprint density at radius 1 is 1.38 bits per heavy atom. The van der Waals surface area contributed by atoms with Crippen molar-refractivity contribution in [3.63, 3.8) is 0 Å². The van der Waals surface area contributed by atoms with Gasteiger partial charge in [0.05, 0.1) is 6.20 Å². The zero-order valence-corrected chi connectivity index (χ0v) is 11.4. The molecule has 0 saturated carbocycles. The van der Waals surface area contributed by atoms with Gasteiger partial charge in [0.15, 0.2) is 0 Å². The molecule has 0 bridgehead atoms. The highest BCUT2D eigenvalue weighted by atomic mass is 19.1. The Labute approximate surface area is 121 Å². The van der Waals surface area contributed by atoms with Gasteiger partial charge in [-0.1, -0.05) is 17.9 Å². The van der Waals surface area contributed by atoms with E-state index < -0.39 is 11.7 Å². The Morgan fingerprint density at radius 2 is 2.19 bits per heavy atom. The second kappa shape index (κ2) is 6.64. The molecule has 1 aromatic heterocycles. The Hall–Kier alpha value is -2.71. The summed E-state index contributed by atoms with van der Waals surface area (Å²) in [6, 6.07) is 7.75. The number of rotatable bonds is 2. The molecule has 2 N–H and O–H groups in total. The van der Waals surface area contributed by atoms with Crippen molar-refractivity contribution < 1.29 is 14.3 Å². The van der Waals surface area contributed by atoms with E-state index in [0.717, 1.165) is 11.8 Å². The number of halogens is 1. The molecule has 5 heteroatoms. The largest absolute Gasteiger partial charge is 0.384 e. The SMILES string of the molecule is Cc1ccc(NC(=O)c2ccc(F)cn2)cc1C#CCO. The van der Waals surface area contributed by atoms with E-state index in [0.29, 0.717) is 11.3 Å². The molecule has 0 radical (unpaired) electrons. The van der Waals surface area contributed by atoms with Crippen LogP contribution >= 0.6 is 0 Å². The fourth-order valence-electron chi connectivity index (χ4n) is 1.67. The van der Waals surface area contributed by atoms with Gasteiger partial charge in [0.1, 0.15) is 18.1 Å². The number of aliphatic hydroxyl groups is 1. The number of pyridine rings is 1. The molecule has 21 heavy (non-hydrogen) atoms. The van der Waals surface area contributed by atoms with Gasteiger partial charge in [-0.3, -0.25) is 4.79 Å². The number of nitrogens with zero attached hydrogens (tertiary/aromatic N) is 1. The average Bonchev–Trinajstić information content (AvgIpc) is 2.48. The van der Waals surface area contributed by atoms with Crippen LogP contribution in [0, 0.1) is 24.6 Å². The number of carbonyl (C=O) groups excluding carboxylic acids is 1. The first-order valence-corrected chi connectivity index (χ1v) is 6.23. The fraction of sp³-hybridized carbons (Fsp3) is 0.125. The van der Waals surface area contributed by atoms with Crippen LogP contribution in [0.4, 0.5) is 10.1 Å². The van der Waals surface area contributed by atoms with Crippen LogP contribution in [0.25, 0.3) is 0 Å². The minimum absolute atomic E-state index is 0.125. The van der Waals surface area contributed by atoms with Gasteiger partial charge in [-0.05, 0) is 36.8 Å². The number of aliphatic hydroxyl groups excluding tert-OH is 1. The van der Waals surface area contributed by atoms with Crippen molar-refractivity contribution in [1.29, 1.82) is 0 Å². The van der Waals surface area contributed by atoms with Crippen LogP contribution in [0.3, 0.4) is 0 Å². The second-order valence-corrected chi connectivity index (χ2v) is 4.31. The summed E-state index contributed by atoms with van der Waals surface area (Å²) in [6.07, 6.45) is 0.988. The summed E-state index contributed by atoms with van der Waals surface area (Å²) >= 11 is 0. The van der Waals surface area contributed by atoms with Crippen molar-refractivity contribution in [1.82, 2.24) is 4.98 Å². The van der Waals surface area contributed by atoms with Crippen LogP contribution in [-0.2, 0) is 0 Å². The second-order valence-electron chi connectivity index (χ2n) is 4.31. The Morgan fingerprint density at radius 3 is 2.86 bits per heavy atom. The van der Waals surface area contributed by atoms with E-state index in [2.05, 4.69) is 22.1 Å². The van der Waals surface area contributed by atoms with E-state index in [1.807, 2.05) is 13.0 Å². The predicted molar refractivity (Wildman–Crippen MR) is 77.3 cm³/mol. The summed E-state index contributed by atoms with van der Waals surface area (Å²) < 4.78 is 12.8. The zero-order chi connectivity index (χ0) is 15.2. The molecule has 0 spiro atoms. The molecule has 0 fully saturated rings. The molecular formula is C16H13FN2O2. The van der Waals surface area contributed by atoms with Crippen molar-refractivity contribution in [2.24, 2.45) is 0 Å². The van der Waals surface area contributed by atoms with E-state index in [4.69, 9.17) is 5.11 Å². The van der Waals surface area contributed by atoms with Gasteiger partial charge < -0.3 is 10.4 Å². The van der Waals surface area contributed by atoms with Gasteiger partial charge in [0, 0.05) is 11.3 Å². The van der Waals surface area contributed by atoms with Crippen molar-refractivity contribution in [3.05, 3.63) is 59.2 Å². The zero-order valence-electron chi connectivity index (χ0n) is 11.4. The van der Waals surface area contributed by atoms with Crippen LogP contribution in [0.2, 0.25) is 0 Å².